The first kappa shape index (κ1) is 20.3. The Labute approximate surface area is 156 Å². The molecule has 3 saturated carbocycles. The number of Topliss-reactive ketones (excluding diaryl/α,β-unsaturated/α-hetero) is 1. The van der Waals surface area contributed by atoms with Crippen LogP contribution in [0, 0.1) is 22.7 Å². The van der Waals surface area contributed by atoms with E-state index in [4.69, 9.17) is 0 Å². The van der Waals surface area contributed by atoms with Gasteiger partial charge in [-0.25, -0.2) is 0 Å². The molecule has 1 heterocycles. The van der Waals surface area contributed by atoms with Gasteiger partial charge in [0.25, 0.3) is 0 Å². The number of ketones is 1. The lowest BCUT2D eigenvalue weighted by molar-refractivity contribution is -0.130. The summed E-state index contributed by atoms with van der Waals surface area (Å²) in [6, 6.07) is 0. The van der Waals surface area contributed by atoms with Crippen LogP contribution in [0.4, 0.5) is 17.3 Å². The summed E-state index contributed by atoms with van der Waals surface area (Å²) in [7, 11) is -5.57. The van der Waals surface area contributed by atoms with Crippen LogP contribution in [-0.2, 0) is 15.7 Å². The van der Waals surface area contributed by atoms with E-state index in [1.165, 1.54) is 43.4 Å². The first-order chi connectivity index (χ1) is 11.9. The molecule has 6 atom stereocenters. The molecule has 0 aromatic carbocycles. The minimum Gasteiger partial charge on any atom is -0.418 e. The Morgan fingerprint density at radius 2 is 1.85 bits per heavy atom. The quantitative estimate of drug-likeness (QED) is 0.271. The van der Waals surface area contributed by atoms with Crippen LogP contribution in [0.3, 0.4) is 0 Å². The van der Waals surface area contributed by atoms with E-state index in [0.717, 1.165) is 17.6 Å². The fourth-order valence-electron chi connectivity index (χ4n) is 6.51. The fourth-order valence-corrected chi connectivity index (χ4v) is 10.7. The molecule has 4 bridgehead atoms. The summed E-state index contributed by atoms with van der Waals surface area (Å²) in [5.41, 5.74) is 1.63. The third-order valence-electron chi connectivity index (χ3n) is 7.49. The molecule has 0 amide bonds. The number of carbonyl (C=O) groups is 1. The van der Waals surface area contributed by atoms with E-state index in [-0.39, 0.29) is 10.8 Å². The molecular weight excluding hydrogens is 363 g/mol. The van der Waals surface area contributed by atoms with Gasteiger partial charge in [-0.05, 0) is 60.4 Å². The summed E-state index contributed by atoms with van der Waals surface area (Å²) in [5, 5.41) is 1.61. The summed E-state index contributed by atoms with van der Waals surface area (Å²) in [5.74, 6) is 3.35. The normalized spacial score (nSPS) is 42.7. The Hall–Kier alpha value is -0.455. The SMILES string of the molecule is C=C(C)C[S+]1C2CCC(C2)[C@H]1C12CCC(CC1=O)C2(C)C.F[B-](F)(F)F. The minimum absolute atomic E-state index is 0.0378. The van der Waals surface area contributed by atoms with E-state index in [1.54, 1.807) is 0 Å². The summed E-state index contributed by atoms with van der Waals surface area (Å²) in [4.78, 5) is 13.1. The van der Waals surface area contributed by atoms with E-state index in [2.05, 4.69) is 27.4 Å². The van der Waals surface area contributed by atoms with Crippen LogP contribution in [0.25, 0.3) is 0 Å². The molecular formula is C19H29BF4OS. The number of halogens is 4. The lowest BCUT2D eigenvalue weighted by Gasteiger charge is -2.43. The monoisotopic (exact) mass is 392 g/mol. The van der Waals surface area contributed by atoms with Gasteiger partial charge in [0.05, 0.1) is 5.41 Å². The van der Waals surface area contributed by atoms with Gasteiger partial charge >= 0.3 is 7.25 Å². The van der Waals surface area contributed by atoms with E-state index in [1.807, 2.05) is 0 Å². The van der Waals surface area contributed by atoms with Gasteiger partial charge in [0.15, 0.2) is 0 Å². The first-order valence-electron chi connectivity index (χ1n) is 9.61. The summed E-state index contributed by atoms with van der Waals surface area (Å²) in [6.45, 7) is 11.2. The molecule has 7 heteroatoms. The Morgan fingerprint density at radius 3 is 2.31 bits per heavy atom. The molecule has 0 aromatic rings. The predicted molar refractivity (Wildman–Crippen MR) is 101 cm³/mol. The molecule has 5 unspecified atom stereocenters. The van der Waals surface area contributed by atoms with Crippen molar-refractivity contribution in [3.8, 4) is 0 Å². The molecule has 0 aromatic heterocycles. The number of hydrogen-bond acceptors (Lipinski definition) is 1. The van der Waals surface area contributed by atoms with Crippen LogP contribution < -0.4 is 0 Å². The van der Waals surface area contributed by atoms with E-state index >= 15 is 0 Å². The maximum Gasteiger partial charge on any atom is 0.673 e. The van der Waals surface area contributed by atoms with Gasteiger partial charge in [0.2, 0.25) is 0 Å². The smallest absolute Gasteiger partial charge is 0.418 e. The lowest BCUT2D eigenvalue weighted by Crippen LogP contribution is -2.53. The fraction of sp³-hybridized carbons (Fsp3) is 0.842. The number of rotatable bonds is 3. The molecule has 4 aliphatic rings. The first-order valence-corrected chi connectivity index (χ1v) is 11.1. The second kappa shape index (κ2) is 6.56. The molecule has 0 radical (unpaired) electrons. The standard InChI is InChI=1S/C19H29OS.BF4/c1-12(2)11-21-15-6-5-13(9-15)17(21)19-8-7-14(10-16(19)20)18(19,3)4;2-1(3,4)5/h13-15,17H,1,5-11H2,2-4H3;/q+1;-1/t13?,14?,15?,17-,19?,21?;/m0./s1. The summed E-state index contributed by atoms with van der Waals surface area (Å²) < 4.78 is 39.0. The van der Waals surface area contributed by atoms with Crippen LogP contribution >= 0.6 is 0 Å². The summed E-state index contributed by atoms with van der Waals surface area (Å²) in [6.07, 6.45) is 7.60. The molecule has 0 spiro atoms. The van der Waals surface area contributed by atoms with Gasteiger partial charge < -0.3 is 17.3 Å². The van der Waals surface area contributed by atoms with Gasteiger partial charge in [-0.2, -0.15) is 0 Å². The second-order valence-electron chi connectivity index (χ2n) is 9.24. The maximum atomic E-state index is 13.1. The molecule has 4 fully saturated rings. The zero-order chi connectivity index (χ0) is 19.5. The van der Waals surface area contributed by atoms with Gasteiger partial charge in [0, 0.05) is 18.8 Å². The second-order valence-corrected chi connectivity index (χ2v) is 11.6. The van der Waals surface area contributed by atoms with Crippen LogP contribution in [0.15, 0.2) is 12.2 Å². The summed E-state index contributed by atoms with van der Waals surface area (Å²) >= 11 is 0. The van der Waals surface area contributed by atoms with Crippen molar-refractivity contribution in [2.45, 2.75) is 69.8 Å². The van der Waals surface area contributed by atoms with Crippen molar-refractivity contribution >= 4 is 23.9 Å². The highest BCUT2D eigenvalue weighted by Crippen LogP contribution is 2.70. The number of hydrogen-bond donors (Lipinski definition) is 0. The molecule has 1 nitrogen and oxygen atoms in total. The number of fused-ring (bicyclic) bond motifs is 4. The van der Waals surface area contributed by atoms with Crippen LogP contribution in [0.1, 0.15) is 59.3 Å². The topological polar surface area (TPSA) is 17.1 Å². The van der Waals surface area contributed by atoms with E-state index in [9.17, 15) is 22.1 Å². The van der Waals surface area contributed by atoms with E-state index < -0.39 is 7.25 Å². The van der Waals surface area contributed by atoms with Crippen molar-refractivity contribution in [3.63, 3.8) is 0 Å². The molecule has 3 aliphatic carbocycles. The average Bonchev–Trinajstić information content (AvgIpc) is 3.15. The van der Waals surface area contributed by atoms with Crippen LogP contribution in [0.5, 0.6) is 0 Å². The third-order valence-corrected chi connectivity index (χ3v) is 11.0. The Morgan fingerprint density at radius 1 is 1.23 bits per heavy atom. The predicted octanol–water partition coefficient (Wildman–Crippen LogP) is 5.43. The highest BCUT2D eigenvalue weighted by Gasteiger charge is 2.75. The maximum absolute atomic E-state index is 13.1. The van der Waals surface area contributed by atoms with Crippen LogP contribution in [0.2, 0.25) is 0 Å². The zero-order valence-electron chi connectivity index (χ0n) is 15.9. The Kier molecular flexibility index (Phi) is 5.12. The number of carbonyl (C=O) groups excluding carboxylic acids is 1. The Balaban J connectivity index is 0.000000349. The van der Waals surface area contributed by atoms with Gasteiger partial charge in [-0.3, -0.25) is 4.79 Å². The van der Waals surface area contributed by atoms with Gasteiger partial charge in [-0.1, -0.05) is 20.4 Å². The van der Waals surface area contributed by atoms with Crippen molar-refractivity contribution in [2.24, 2.45) is 22.7 Å². The van der Waals surface area contributed by atoms with E-state index in [0.29, 0.717) is 27.8 Å². The van der Waals surface area contributed by atoms with Crippen molar-refractivity contribution in [2.75, 3.05) is 5.75 Å². The highest BCUT2D eigenvalue weighted by molar-refractivity contribution is 7.98. The van der Waals surface area contributed by atoms with Crippen molar-refractivity contribution in [1.82, 2.24) is 0 Å². The van der Waals surface area contributed by atoms with Gasteiger partial charge in [0.1, 0.15) is 22.0 Å². The largest absolute Gasteiger partial charge is 0.673 e. The minimum atomic E-state index is -6.00. The Bertz CT molecular complexity index is 599. The molecule has 1 saturated heterocycles. The zero-order valence-corrected chi connectivity index (χ0v) is 16.7. The molecule has 148 valence electrons. The van der Waals surface area contributed by atoms with Crippen LogP contribution in [-0.4, -0.2) is 29.3 Å². The van der Waals surface area contributed by atoms with Crippen molar-refractivity contribution < 1.29 is 22.1 Å². The van der Waals surface area contributed by atoms with Gasteiger partial charge in [-0.15, -0.1) is 0 Å². The molecule has 26 heavy (non-hydrogen) atoms. The molecule has 0 N–H and O–H groups in total. The van der Waals surface area contributed by atoms with Crippen molar-refractivity contribution in [1.29, 1.82) is 0 Å². The third kappa shape index (κ3) is 3.16. The molecule has 1 aliphatic heterocycles. The highest BCUT2D eigenvalue weighted by atomic mass is 32.2. The molecule has 4 rings (SSSR count). The lowest BCUT2D eigenvalue weighted by atomic mass is 9.64. The van der Waals surface area contributed by atoms with Crippen molar-refractivity contribution in [3.05, 3.63) is 12.2 Å². The average molecular weight is 392 g/mol.